The molecule has 0 spiro atoms. The predicted octanol–water partition coefficient (Wildman–Crippen LogP) is 4.08. The zero-order valence-electron chi connectivity index (χ0n) is 14.7. The quantitative estimate of drug-likeness (QED) is 0.874. The number of carboxylic acid groups (broad SMARTS) is 1. The van der Waals surface area contributed by atoms with Gasteiger partial charge in [0.05, 0.1) is 5.92 Å². The molecule has 2 unspecified atom stereocenters. The van der Waals surface area contributed by atoms with Gasteiger partial charge in [-0.1, -0.05) is 0 Å². The Morgan fingerprint density at radius 2 is 1.81 bits per heavy atom. The number of aliphatic carboxylic acids is 1. The fourth-order valence-electron chi connectivity index (χ4n) is 3.11. The molecule has 142 valence electrons. The van der Waals surface area contributed by atoms with Crippen molar-refractivity contribution in [3.63, 3.8) is 0 Å². The Morgan fingerprint density at radius 3 is 2.44 bits per heavy atom. The minimum absolute atomic E-state index is 0.0441. The first-order valence-corrected chi connectivity index (χ1v) is 8.62. The summed E-state index contributed by atoms with van der Waals surface area (Å²) in [5.74, 6) is -3.06. The molecule has 0 aliphatic carbocycles. The van der Waals surface area contributed by atoms with Crippen molar-refractivity contribution in [2.45, 2.75) is 25.8 Å². The van der Waals surface area contributed by atoms with Crippen LogP contribution >= 0.6 is 0 Å². The summed E-state index contributed by atoms with van der Waals surface area (Å²) in [4.78, 5) is 25.5. The Hall–Kier alpha value is -2.96. The van der Waals surface area contributed by atoms with E-state index in [1.807, 2.05) is 6.92 Å². The summed E-state index contributed by atoms with van der Waals surface area (Å²) in [7, 11) is 0. The van der Waals surface area contributed by atoms with Gasteiger partial charge in [-0.25, -0.2) is 8.78 Å². The average Bonchev–Trinajstić information content (AvgIpc) is 2.64. The van der Waals surface area contributed by atoms with Crippen molar-refractivity contribution in [3.8, 4) is 11.5 Å². The first kappa shape index (κ1) is 18.8. The van der Waals surface area contributed by atoms with Crippen LogP contribution in [0.15, 0.2) is 42.5 Å². The molecule has 0 bridgehead atoms. The summed E-state index contributed by atoms with van der Waals surface area (Å²) in [6.45, 7) is 2.07. The van der Waals surface area contributed by atoms with E-state index in [0.717, 1.165) is 12.1 Å². The van der Waals surface area contributed by atoms with Crippen LogP contribution in [0.2, 0.25) is 0 Å². The number of benzene rings is 2. The standard InChI is InChI=1S/C20H19F2NO4/c1-12-2-3-14(20(25)26)11-23(12)19(24)13-4-7-16(8-5-13)27-18-9-6-15(21)10-17(18)22/h4-10,12,14H,2-3,11H2,1H3,(H,25,26). The largest absolute Gasteiger partial charge is 0.481 e. The minimum atomic E-state index is -0.898. The molecule has 1 fully saturated rings. The maximum absolute atomic E-state index is 13.7. The molecule has 3 rings (SSSR count). The molecule has 5 nitrogen and oxygen atoms in total. The molecular weight excluding hydrogens is 356 g/mol. The highest BCUT2D eigenvalue weighted by Crippen LogP contribution is 2.27. The summed E-state index contributed by atoms with van der Waals surface area (Å²) in [5, 5.41) is 9.20. The number of amides is 1. The molecule has 2 aromatic carbocycles. The summed E-state index contributed by atoms with van der Waals surface area (Å²) in [6, 6.07) is 9.06. The number of carbonyl (C=O) groups is 2. The molecular formula is C20H19F2NO4. The van der Waals surface area contributed by atoms with Crippen molar-refractivity contribution in [1.82, 2.24) is 4.90 Å². The number of hydrogen-bond donors (Lipinski definition) is 1. The molecule has 7 heteroatoms. The lowest BCUT2D eigenvalue weighted by atomic mass is 9.93. The van der Waals surface area contributed by atoms with E-state index in [9.17, 15) is 23.5 Å². The number of carbonyl (C=O) groups excluding carboxylic acids is 1. The van der Waals surface area contributed by atoms with E-state index in [0.29, 0.717) is 24.2 Å². The molecule has 0 aromatic heterocycles. The van der Waals surface area contributed by atoms with Crippen LogP contribution < -0.4 is 4.74 Å². The van der Waals surface area contributed by atoms with Crippen LogP contribution in [0.25, 0.3) is 0 Å². The number of hydrogen-bond acceptors (Lipinski definition) is 3. The summed E-state index contributed by atoms with van der Waals surface area (Å²) < 4.78 is 32.0. The van der Waals surface area contributed by atoms with Gasteiger partial charge in [-0.3, -0.25) is 9.59 Å². The minimum Gasteiger partial charge on any atom is -0.481 e. The third kappa shape index (κ3) is 4.24. The normalized spacial score (nSPS) is 19.6. The Kier molecular flexibility index (Phi) is 5.39. The zero-order valence-corrected chi connectivity index (χ0v) is 14.7. The lowest BCUT2D eigenvalue weighted by Crippen LogP contribution is -2.47. The van der Waals surface area contributed by atoms with Gasteiger partial charge in [0.2, 0.25) is 0 Å². The van der Waals surface area contributed by atoms with Crippen LogP contribution in [-0.2, 0) is 4.79 Å². The third-order valence-corrected chi connectivity index (χ3v) is 4.72. The van der Waals surface area contributed by atoms with Crippen LogP contribution in [0.4, 0.5) is 8.78 Å². The predicted molar refractivity (Wildman–Crippen MR) is 93.7 cm³/mol. The number of carboxylic acids is 1. The lowest BCUT2D eigenvalue weighted by molar-refractivity contribution is -0.143. The molecule has 2 aromatic rings. The second kappa shape index (κ2) is 7.73. The number of likely N-dealkylation sites (tertiary alicyclic amines) is 1. The van der Waals surface area contributed by atoms with E-state index in [-0.39, 0.29) is 24.2 Å². The molecule has 1 heterocycles. The zero-order chi connectivity index (χ0) is 19.6. The van der Waals surface area contributed by atoms with Gasteiger partial charge in [-0.2, -0.15) is 0 Å². The Labute approximate surface area is 155 Å². The van der Waals surface area contributed by atoms with Crippen LogP contribution in [-0.4, -0.2) is 34.5 Å². The average molecular weight is 375 g/mol. The van der Waals surface area contributed by atoms with Gasteiger partial charge in [-0.15, -0.1) is 0 Å². The Morgan fingerprint density at radius 1 is 1.11 bits per heavy atom. The van der Waals surface area contributed by atoms with Crippen molar-refractivity contribution in [3.05, 3.63) is 59.7 Å². The molecule has 1 aliphatic heterocycles. The van der Waals surface area contributed by atoms with E-state index >= 15 is 0 Å². The highest BCUT2D eigenvalue weighted by Gasteiger charge is 2.32. The molecule has 0 radical (unpaired) electrons. The number of rotatable bonds is 4. The summed E-state index contributed by atoms with van der Waals surface area (Å²) in [5.41, 5.74) is 0.389. The lowest BCUT2D eigenvalue weighted by Gasteiger charge is -2.36. The van der Waals surface area contributed by atoms with Gasteiger partial charge in [0, 0.05) is 24.2 Å². The molecule has 1 amide bonds. The van der Waals surface area contributed by atoms with Crippen molar-refractivity contribution < 1.29 is 28.2 Å². The van der Waals surface area contributed by atoms with Gasteiger partial charge < -0.3 is 14.7 Å². The molecule has 1 N–H and O–H groups in total. The summed E-state index contributed by atoms with van der Waals surface area (Å²) in [6.07, 6.45) is 1.18. The SMILES string of the molecule is CC1CCC(C(=O)O)CN1C(=O)c1ccc(Oc2ccc(F)cc2F)cc1. The second-order valence-corrected chi connectivity index (χ2v) is 6.62. The molecule has 0 saturated carbocycles. The molecule has 2 atom stereocenters. The fraction of sp³-hybridized carbons (Fsp3) is 0.300. The third-order valence-electron chi connectivity index (χ3n) is 4.72. The van der Waals surface area contributed by atoms with Crippen LogP contribution in [0.1, 0.15) is 30.1 Å². The highest BCUT2D eigenvalue weighted by atomic mass is 19.1. The number of nitrogens with zero attached hydrogens (tertiary/aromatic N) is 1. The van der Waals surface area contributed by atoms with Gasteiger partial charge in [-0.05, 0) is 56.2 Å². The van der Waals surface area contributed by atoms with Crippen LogP contribution in [0.3, 0.4) is 0 Å². The van der Waals surface area contributed by atoms with Crippen molar-refractivity contribution >= 4 is 11.9 Å². The Balaban J connectivity index is 1.72. The number of piperidine rings is 1. The Bertz CT molecular complexity index is 854. The van der Waals surface area contributed by atoms with Crippen molar-refractivity contribution in [2.24, 2.45) is 5.92 Å². The number of ether oxygens (including phenoxy) is 1. The smallest absolute Gasteiger partial charge is 0.308 e. The van der Waals surface area contributed by atoms with E-state index < -0.39 is 23.5 Å². The van der Waals surface area contributed by atoms with E-state index in [2.05, 4.69) is 0 Å². The second-order valence-electron chi connectivity index (χ2n) is 6.62. The van der Waals surface area contributed by atoms with Crippen molar-refractivity contribution in [2.75, 3.05) is 6.54 Å². The van der Waals surface area contributed by atoms with Crippen LogP contribution in [0, 0.1) is 17.6 Å². The fourth-order valence-corrected chi connectivity index (χ4v) is 3.11. The monoisotopic (exact) mass is 375 g/mol. The van der Waals surface area contributed by atoms with Gasteiger partial charge in [0.25, 0.3) is 5.91 Å². The van der Waals surface area contributed by atoms with Crippen molar-refractivity contribution in [1.29, 1.82) is 0 Å². The van der Waals surface area contributed by atoms with Crippen LogP contribution in [0.5, 0.6) is 11.5 Å². The molecule has 1 aliphatic rings. The van der Waals surface area contributed by atoms with E-state index in [1.54, 1.807) is 4.90 Å². The van der Waals surface area contributed by atoms with E-state index in [4.69, 9.17) is 4.74 Å². The van der Waals surface area contributed by atoms with Gasteiger partial charge >= 0.3 is 5.97 Å². The first-order chi connectivity index (χ1) is 12.8. The van der Waals surface area contributed by atoms with Gasteiger partial charge in [0.15, 0.2) is 11.6 Å². The maximum atomic E-state index is 13.7. The van der Waals surface area contributed by atoms with E-state index in [1.165, 1.54) is 30.3 Å². The summed E-state index contributed by atoms with van der Waals surface area (Å²) >= 11 is 0. The van der Waals surface area contributed by atoms with Gasteiger partial charge in [0.1, 0.15) is 11.6 Å². The molecule has 27 heavy (non-hydrogen) atoms. The number of halogens is 2. The topological polar surface area (TPSA) is 66.8 Å². The highest BCUT2D eigenvalue weighted by molar-refractivity contribution is 5.95. The maximum Gasteiger partial charge on any atom is 0.308 e. The first-order valence-electron chi connectivity index (χ1n) is 8.62. The molecule has 1 saturated heterocycles.